The van der Waals surface area contributed by atoms with E-state index < -0.39 is 0 Å². The molecule has 1 aromatic rings. The normalized spacial score (nSPS) is 12.3. The van der Waals surface area contributed by atoms with Crippen molar-refractivity contribution < 1.29 is 9.53 Å². The van der Waals surface area contributed by atoms with Crippen LogP contribution in [-0.4, -0.2) is 24.2 Å². The third-order valence-electron chi connectivity index (χ3n) is 3.84. The standard InChI is InChI=1S/C19H32N2O2.ClH/c1-5-6-7-8-9-15(2)21-19(3,4)14-23-18(22)16-10-12-17(20)13-11-16;/h10-13,15,21H,5-9,14,20H2,1-4H3;1H. The van der Waals surface area contributed by atoms with Gasteiger partial charge in [-0.2, -0.15) is 0 Å². The van der Waals surface area contributed by atoms with E-state index in [0.717, 1.165) is 6.42 Å². The summed E-state index contributed by atoms with van der Waals surface area (Å²) in [7, 11) is 0. The second-order valence-corrected chi connectivity index (χ2v) is 6.98. The monoisotopic (exact) mass is 356 g/mol. The molecule has 4 nitrogen and oxygen atoms in total. The highest BCUT2D eigenvalue weighted by Gasteiger charge is 2.22. The number of carbonyl (C=O) groups excluding carboxylic acids is 1. The van der Waals surface area contributed by atoms with Crippen LogP contribution in [-0.2, 0) is 4.74 Å². The molecular weight excluding hydrogens is 324 g/mol. The SMILES string of the molecule is CCCCCCC(C)NC(C)(C)COC(=O)c1ccc(N)cc1.Cl. The van der Waals surface area contributed by atoms with Crippen LogP contribution in [0.2, 0.25) is 0 Å². The van der Waals surface area contributed by atoms with E-state index in [2.05, 4.69) is 33.0 Å². The van der Waals surface area contributed by atoms with Gasteiger partial charge in [-0.1, -0.05) is 32.6 Å². The van der Waals surface area contributed by atoms with E-state index in [1.54, 1.807) is 24.3 Å². The van der Waals surface area contributed by atoms with Crippen LogP contribution in [0, 0.1) is 0 Å². The van der Waals surface area contributed by atoms with E-state index in [4.69, 9.17) is 10.5 Å². The Hall–Kier alpha value is -1.26. The molecule has 1 rings (SSSR count). The molecule has 1 aromatic carbocycles. The van der Waals surface area contributed by atoms with Crippen LogP contribution in [0.3, 0.4) is 0 Å². The van der Waals surface area contributed by atoms with Crippen LogP contribution < -0.4 is 11.1 Å². The molecule has 0 aliphatic heterocycles. The molecule has 0 aliphatic rings. The van der Waals surface area contributed by atoms with Gasteiger partial charge in [-0.05, 0) is 51.5 Å². The number of nitrogens with two attached hydrogens (primary N) is 1. The Kier molecular flexibility index (Phi) is 10.7. The summed E-state index contributed by atoms with van der Waals surface area (Å²) in [6.45, 7) is 8.88. The maximum Gasteiger partial charge on any atom is 0.338 e. The number of esters is 1. The number of anilines is 1. The molecule has 0 saturated carbocycles. The number of ether oxygens (including phenoxy) is 1. The molecule has 3 N–H and O–H groups in total. The van der Waals surface area contributed by atoms with Gasteiger partial charge in [0.2, 0.25) is 0 Å². The van der Waals surface area contributed by atoms with E-state index in [1.165, 1.54) is 25.7 Å². The minimum atomic E-state index is -0.310. The van der Waals surface area contributed by atoms with Crippen molar-refractivity contribution in [2.75, 3.05) is 12.3 Å². The van der Waals surface area contributed by atoms with Crippen molar-refractivity contribution in [2.45, 2.75) is 71.4 Å². The second kappa shape index (κ2) is 11.3. The summed E-state index contributed by atoms with van der Waals surface area (Å²) in [6.07, 6.45) is 6.23. The van der Waals surface area contributed by atoms with Gasteiger partial charge in [-0.25, -0.2) is 4.79 Å². The number of benzene rings is 1. The van der Waals surface area contributed by atoms with Crippen molar-refractivity contribution >= 4 is 24.1 Å². The number of carbonyl (C=O) groups is 1. The number of hydrogen-bond donors (Lipinski definition) is 2. The van der Waals surface area contributed by atoms with E-state index >= 15 is 0 Å². The molecule has 0 saturated heterocycles. The van der Waals surface area contributed by atoms with Crippen LogP contribution in [0.25, 0.3) is 0 Å². The summed E-state index contributed by atoms with van der Waals surface area (Å²) in [5.74, 6) is -0.310. The van der Waals surface area contributed by atoms with Crippen molar-refractivity contribution in [3.8, 4) is 0 Å². The van der Waals surface area contributed by atoms with Crippen molar-refractivity contribution in [3.63, 3.8) is 0 Å². The molecule has 0 aromatic heterocycles. The average molecular weight is 357 g/mol. The van der Waals surface area contributed by atoms with Gasteiger partial charge in [0.25, 0.3) is 0 Å². The Bertz CT molecular complexity index is 475. The highest BCUT2D eigenvalue weighted by molar-refractivity contribution is 5.89. The molecule has 0 fully saturated rings. The highest BCUT2D eigenvalue weighted by atomic mass is 35.5. The quantitative estimate of drug-likeness (QED) is 0.366. The summed E-state index contributed by atoms with van der Waals surface area (Å²) < 4.78 is 5.43. The number of nitrogen functional groups attached to an aromatic ring is 1. The first-order chi connectivity index (χ1) is 10.8. The Morgan fingerprint density at radius 1 is 1.21 bits per heavy atom. The van der Waals surface area contributed by atoms with Crippen LogP contribution in [0.15, 0.2) is 24.3 Å². The topological polar surface area (TPSA) is 64.3 Å². The number of unbranched alkanes of at least 4 members (excludes halogenated alkanes) is 3. The van der Waals surface area contributed by atoms with Gasteiger partial charge in [-0.3, -0.25) is 0 Å². The lowest BCUT2D eigenvalue weighted by Crippen LogP contribution is -2.48. The molecule has 0 bridgehead atoms. The summed E-state index contributed by atoms with van der Waals surface area (Å²) >= 11 is 0. The van der Waals surface area contributed by atoms with Gasteiger partial charge < -0.3 is 15.8 Å². The van der Waals surface area contributed by atoms with Gasteiger partial charge in [0.05, 0.1) is 5.56 Å². The zero-order valence-corrected chi connectivity index (χ0v) is 16.2. The molecule has 0 aliphatic carbocycles. The first-order valence-corrected chi connectivity index (χ1v) is 8.64. The molecular formula is C19H33ClN2O2. The molecule has 1 unspecified atom stereocenters. The number of hydrogen-bond acceptors (Lipinski definition) is 4. The highest BCUT2D eigenvalue weighted by Crippen LogP contribution is 2.12. The number of nitrogens with one attached hydrogen (secondary N) is 1. The van der Waals surface area contributed by atoms with Gasteiger partial charge in [-0.15, -0.1) is 12.4 Å². The van der Waals surface area contributed by atoms with Crippen LogP contribution >= 0.6 is 12.4 Å². The molecule has 138 valence electrons. The van der Waals surface area contributed by atoms with E-state index in [1.807, 2.05) is 0 Å². The van der Waals surface area contributed by atoms with E-state index in [-0.39, 0.29) is 23.9 Å². The van der Waals surface area contributed by atoms with E-state index in [9.17, 15) is 4.79 Å². The van der Waals surface area contributed by atoms with Crippen molar-refractivity contribution in [1.82, 2.24) is 5.32 Å². The van der Waals surface area contributed by atoms with E-state index in [0.29, 0.717) is 23.9 Å². The lowest BCUT2D eigenvalue weighted by molar-refractivity contribution is 0.0388. The third kappa shape index (κ3) is 9.14. The van der Waals surface area contributed by atoms with Crippen LogP contribution in [0.4, 0.5) is 5.69 Å². The lowest BCUT2D eigenvalue weighted by atomic mass is 10.0. The fraction of sp³-hybridized carbons (Fsp3) is 0.632. The molecule has 0 amide bonds. The zero-order valence-electron chi connectivity index (χ0n) is 15.4. The maximum absolute atomic E-state index is 12.0. The number of halogens is 1. The van der Waals surface area contributed by atoms with Crippen molar-refractivity contribution in [1.29, 1.82) is 0 Å². The third-order valence-corrected chi connectivity index (χ3v) is 3.84. The zero-order chi connectivity index (χ0) is 17.3. The second-order valence-electron chi connectivity index (χ2n) is 6.98. The molecule has 0 spiro atoms. The Labute approximate surface area is 152 Å². The molecule has 0 heterocycles. The van der Waals surface area contributed by atoms with Crippen LogP contribution in [0.5, 0.6) is 0 Å². The van der Waals surface area contributed by atoms with Gasteiger partial charge >= 0.3 is 5.97 Å². The van der Waals surface area contributed by atoms with Gasteiger partial charge in [0, 0.05) is 17.3 Å². The Morgan fingerprint density at radius 3 is 2.42 bits per heavy atom. The molecule has 0 radical (unpaired) electrons. The predicted octanol–water partition coefficient (Wildman–Crippen LogP) is 4.57. The summed E-state index contributed by atoms with van der Waals surface area (Å²) in [4.78, 5) is 12.0. The Balaban J connectivity index is 0.00000529. The van der Waals surface area contributed by atoms with Crippen LogP contribution in [0.1, 0.15) is 70.2 Å². The van der Waals surface area contributed by atoms with Crippen molar-refractivity contribution in [3.05, 3.63) is 29.8 Å². The average Bonchev–Trinajstić information content (AvgIpc) is 2.49. The van der Waals surface area contributed by atoms with Gasteiger partial charge in [0.15, 0.2) is 0 Å². The number of rotatable bonds is 10. The van der Waals surface area contributed by atoms with Crippen molar-refractivity contribution in [2.24, 2.45) is 0 Å². The van der Waals surface area contributed by atoms with Gasteiger partial charge in [0.1, 0.15) is 6.61 Å². The predicted molar refractivity (Wildman–Crippen MR) is 104 cm³/mol. The fourth-order valence-electron chi connectivity index (χ4n) is 2.61. The summed E-state index contributed by atoms with van der Waals surface area (Å²) in [5, 5.41) is 3.55. The Morgan fingerprint density at radius 2 is 1.83 bits per heavy atom. The summed E-state index contributed by atoms with van der Waals surface area (Å²) in [5.41, 5.74) is 6.55. The molecule has 5 heteroatoms. The first kappa shape index (κ1) is 22.7. The smallest absolute Gasteiger partial charge is 0.338 e. The summed E-state index contributed by atoms with van der Waals surface area (Å²) in [6, 6.07) is 7.21. The lowest BCUT2D eigenvalue weighted by Gasteiger charge is -2.30. The fourth-order valence-corrected chi connectivity index (χ4v) is 2.61. The minimum absolute atomic E-state index is 0. The first-order valence-electron chi connectivity index (χ1n) is 8.64. The maximum atomic E-state index is 12.0. The molecule has 24 heavy (non-hydrogen) atoms. The molecule has 1 atom stereocenters. The largest absolute Gasteiger partial charge is 0.460 e. The minimum Gasteiger partial charge on any atom is -0.460 e.